The Hall–Kier alpha value is -2.85. The number of amides is 1. The van der Waals surface area contributed by atoms with Crippen LogP contribution in [0, 0.1) is 0 Å². The van der Waals surface area contributed by atoms with Gasteiger partial charge in [0.15, 0.2) is 0 Å². The summed E-state index contributed by atoms with van der Waals surface area (Å²) in [5.41, 5.74) is 0.526. The third-order valence-corrected chi connectivity index (χ3v) is 4.93. The Morgan fingerprint density at radius 3 is 2.65 bits per heavy atom. The average Bonchev–Trinajstić information content (AvgIpc) is 3.09. The van der Waals surface area contributed by atoms with Gasteiger partial charge in [-0.1, -0.05) is 0 Å². The number of furan rings is 1. The van der Waals surface area contributed by atoms with Crippen molar-refractivity contribution in [2.24, 2.45) is 4.99 Å². The number of anilines is 1. The van der Waals surface area contributed by atoms with Crippen LogP contribution in [0.2, 0.25) is 0 Å². The molecule has 3 N–H and O–H groups in total. The van der Waals surface area contributed by atoms with E-state index in [-0.39, 0.29) is 16.8 Å². The standard InChI is InChI=1S/C16H19N5O4S/c1-12(22)19-13-4-6-15(7-5-13)26(23,24)20-16-17-10-21(11-18-16)9-14-3-2-8-25-14/h2-8H,9-11H2,1H3,(H,19,22)(H2,17,18,20). The Morgan fingerprint density at radius 1 is 1.31 bits per heavy atom. The lowest BCUT2D eigenvalue weighted by molar-refractivity contribution is -0.114. The maximum Gasteiger partial charge on any atom is 0.264 e. The molecule has 1 aliphatic rings. The summed E-state index contributed by atoms with van der Waals surface area (Å²) in [5.74, 6) is 0.774. The molecular weight excluding hydrogens is 358 g/mol. The van der Waals surface area contributed by atoms with Crippen molar-refractivity contribution in [3.05, 3.63) is 48.4 Å². The van der Waals surface area contributed by atoms with Crippen molar-refractivity contribution in [1.29, 1.82) is 0 Å². The van der Waals surface area contributed by atoms with Crippen molar-refractivity contribution in [3.63, 3.8) is 0 Å². The molecule has 3 rings (SSSR count). The molecule has 0 saturated carbocycles. The highest BCUT2D eigenvalue weighted by Crippen LogP contribution is 2.14. The third kappa shape index (κ3) is 4.61. The highest BCUT2D eigenvalue weighted by Gasteiger charge is 2.20. The summed E-state index contributed by atoms with van der Waals surface area (Å²) in [6.45, 7) is 2.74. The number of rotatable bonds is 5. The fourth-order valence-corrected chi connectivity index (χ4v) is 3.37. The maximum atomic E-state index is 12.4. The molecule has 0 spiro atoms. The van der Waals surface area contributed by atoms with E-state index in [2.05, 4.69) is 20.3 Å². The molecule has 0 bridgehead atoms. The van der Waals surface area contributed by atoms with Crippen LogP contribution in [0.3, 0.4) is 0 Å². The molecule has 1 amide bonds. The monoisotopic (exact) mass is 377 g/mol. The largest absolute Gasteiger partial charge is 0.468 e. The van der Waals surface area contributed by atoms with E-state index in [0.29, 0.717) is 25.6 Å². The Balaban J connectivity index is 1.60. The number of benzene rings is 1. The van der Waals surface area contributed by atoms with Gasteiger partial charge in [-0.3, -0.25) is 9.69 Å². The molecule has 9 nitrogen and oxygen atoms in total. The molecule has 138 valence electrons. The second-order valence-corrected chi connectivity index (χ2v) is 7.38. The Bertz CT molecular complexity index is 891. The number of sulfonamides is 1. The number of guanidine groups is 1. The fraction of sp³-hybridized carbons (Fsp3) is 0.250. The van der Waals surface area contributed by atoms with Crippen molar-refractivity contribution in [1.82, 2.24) is 14.9 Å². The molecule has 0 saturated heterocycles. The lowest BCUT2D eigenvalue weighted by atomic mass is 10.3. The van der Waals surface area contributed by atoms with Crippen LogP contribution in [0.5, 0.6) is 0 Å². The van der Waals surface area contributed by atoms with Crippen molar-refractivity contribution < 1.29 is 17.6 Å². The second kappa shape index (κ2) is 7.58. The molecule has 2 aromatic rings. The minimum absolute atomic E-state index is 0.0779. The number of carbonyl (C=O) groups excluding carboxylic acids is 1. The first-order chi connectivity index (χ1) is 12.4. The van der Waals surface area contributed by atoms with Crippen LogP contribution >= 0.6 is 0 Å². The third-order valence-electron chi connectivity index (χ3n) is 3.57. The first-order valence-corrected chi connectivity index (χ1v) is 9.34. The van der Waals surface area contributed by atoms with Crippen LogP contribution in [-0.4, -0.2) is 38.5 Å². The molecule has 0 fully saturated rings. The summed E-state index contributed by atoms with van der Waals surface area (Å²) in [6.07, 6.45) is 1.60. The zero-order chi connectivity index (χ0) is 18.6. The van der Waals surface area contributed by atoms with Gasteiger partial charge in [0.25, 0.3) is 10.0 Å². The van der Waals surface area contributed by atoms with E-state index >= 15 is 0 Å². The smallest absolute Gasteiger partial charge is 0.264 e. The number of nitrogens with one attached hydrogen (secondary N) is 3. The lowest BCUT2D eigenvalue weighted by Crippen LogP contribution is -2.49. The predicted octanol–water partition coefficient (Wildman–Crippen LogP) is 0.893. The molecular formula is C16H19N5O4S. The van der Waals surface area contributed by atoms with E-state index in [0.717, 1.165) is 5.76 Å². The van der Waals surface area contributed by atoms with Crippen molar-refractivity contribution in [3.8, 4) is 0 Å². The summed E-state index contributed by atoms with van der Waals surface area (Å²) in [4.78, 5) is 17.2. The highest BCUT2D eigenvalue weighted by atomic mass is 32.2. The lowest BCUT2D eigenvalue weighted by Gasteiger charge is -2.26. The van der Waals surface area contributed by atoms with E-state index in [9.17, 15) is 13.2 Å². The predicted molar refractivity (Wildman–Crippen MR) is 95.6 cm³/mol. The van der Waals surface area contributed by atoms with Crippen LogP contribution in [0.25, 0.3) is 0 Å². The van der Waals surface area contributed by atoms with Gasteiger partial charge in [0.1, 0.15) is 5.76 Å². The van der Waals surface area contributed by atoms with Crippen LogP contribution in [0.4, 0.5) is 5.69 Å². The van der Waals surface area contributed by atoms with Gasteiger partial charge < -0.3 is 15.1 Å². The van der Waals surface area contributed by atoms with E-state index in [1.165, 1.54) is 31.2 Å². The number of hydrogen-bond acceptors (Lipinski definition) is 7. The minimum Gasteiger partial charge on any atom is -0.468 e. The molecule has 10 heteroatoms. The molecule has 2 heterocycles. The van der Waals surface area contributed by atoms with E-state index in [4.69, 9.17) is 4.42 Å². The SMILES string of the molecule is CC(=O)Nc1ccc(S(=O)(=O)NC2=NCN(Cc3ccco3)CN2)cc1. The Kier molecular flexibility index (Phi) is 5.24. The molecule has 0 atom stereocenters. The number of hydrogen-bond donors (Lipinski definition) is 3. The summed E-state index contributed by atoms with van der Waals surface area (Å²) >= 11 is 0. The second-order valence-electron chi connectivity index (χ2n) is 5.70. The number of carbonyl (C=O) groups is 1. The normalized spacial score (nSPS) is 15.0. The van der Waals surface area contributed by atoms with Crippen LogP contribution < -0.4 is 15.4 Å². The summed E-state index contributed by atoms with van der Waals surface area (Å²) in [5, 5.41) is 5.52. The number of aliphatic imine (C=N–C) groups is 1. The topological polar surface area (TPSA) is 116 Å². The highest BCUT2D eigenvalue weighted by molar-refractivity contribution is 7.90. The van der Waals surface area contributed by atoms with Gasteiger partial charge in [0, 0.05) is 12.6 Å². The Labute approximate surface area is 151 Å². The number of nitrogens with zero attached hydrogens (tertiary/aromatic N) is 2. The summed E-state index contributed by atoms with van der Waals surface area (Å²) < 4.78 is 32.6. The molecule has 0 unspecified atom stereocenters. The van der Waals surface area contributed by atoms with E-state index in [1.807, 2.05) is 17.0 Å². The average molecular weight is 377 g/mol. The van der Waals surface area contributed by atoms with Crippen LogP contribution in [0.1, 0.15) is 12.7 Å². The summed E-state index contributed by atoms with van der Waals surface area (Å²) in [7, 11) is -3.77. The molecule has 26 heavy (non-hydrogen) atoms. The van der Waals surface area contributed by atoms with Gasteiger partial charge in [0.2, 0.25) is 11.9 Å². The molecule has 0 radical (unpaired) electrons. The van der Waals surface area contributed by atoms with Gasteiger partial charge in [-0.2, -0.15) is 0 Å². The van der Waals surface area contributed by atoms with Gasteiger partial charge in [-0.05, 0) is 36.4 Å². The van der Waals surface area contributed by atoms with Gasteiger partial charge in [-0.15, -0.1) is 0 Å². The van der Waals surface area contributed by atoms with Crippen molar-refractivity contribution >= 4 is 27.6 Å². The zero-order valence-corrected chi connectivity index (χ0v) is 14.9. The quantitative estimate of drug-likeness (QED) is 0.713. The van der Waals surface area contributed by atoms with E-state index < -0.39 is 10.0 Å². The van der Waals surface area contributed by atoms with E-state index in [1.54, 1.807) is 6.26 Å². The van der Waals surface area contributed by atoms with Gasteiger partial charge in [-0.25, -0.2) is 18.1 Å². The molecule has 1 aliphatic heterocycles. The fourth-order valence-electron chi connectivity index (χ4n) is 2.37. The van der Waals surface area contributed by atoms with Gasteiger partial charge in [0.05, 0.1) is 31.0 Å². The van der Waals surface area contributed by atoms with Crippen LogP contribution in [-0.2, 0) is 21.4 Å². The molecule has 1 aromatic heterocycles. The maximum absolute atomic E-state index is 12.4. The molecule has 1 aromatic carbocycles. The zero-order valence-electron chi connectivity index (χ0n) is 14.1. The Morgan fingerprint density at radius 2 is 2.08 bits per heavy atom. The minimum atomic E-state index is -3.77. The van der Waals surface area contributed by atoms with Crippen molar-refractivity contribution in [2.75, 3.05) is 18.7 Å². The van der Waals surface area contributed by atoms with Crippen molar-refractivity contribution in [2.45, 2.75) is 18.4 Å². The summed E-state index contributed by atoms with van der Waals surface area (Å²) in [6, 6.07) is 9.56. The van der Waals surface area contributed by atoms with Gasteiger partial charge >= 0.3 is 0 Å². The molecule has 0 aliphatic carbocycles. The van der Waals surface area contributed by atoms with Crippen LogP contribution in [0.15, 0.2) is 57.0 Å². The first-order valence-electron chi connectivity index (χ1n) is 7.86. The first kappa shape index (κ1) is 18.0.